The van der Waals surface area contributed by atoms with E-state index in [9.17, 15) is 29.1 Å². The zero-order valence-electron chi connectivity index (χ0n) is 41.5. The minimum atomic E-state index is -0.821. The van der Waals surface area contributed by atoms with Crippen LogP contribution in [0.25, 0.3) is 0 Å². The molecule has 3 fully saturated rings. The van der Waals surface area contributed by atoms with Gasteiger partial charge in [-0.3, -0.25) is 19.7 Å². The Morgan fingerprint density at radius 3 is 1.65 bits per heavy atom. The number of rotatable bonds is 17. The normalized spacial score (nSPS) is 20.9. The third-order valence-electron chi connectivity index (χ3n) is 13.9. The van der Waals surface area contributed by atoms with Crippen LogP contribution in [0, 0.1) is 11.8 Å². The average molecular weight is 938 g/mol. The lowest BCUT2D eigenvalue weighted by Crippen LogP contribution is -2.55. The number of nitrogens with zero attached hydrogens (tertiary/aromatic N) is 3. The predicted molar refractivity (Wildman–Crippen MR) is 262 cm³/mol. The fraction of sp³-hybridized carbons (Fsp3) is 0.566. The first kappa shape index (κ1) is 51.7. The molecular weight excluding hydrogens is 863 g/mol. The van der Waals surface area contributed by atoms with Gasteiger partial charge in [0.05, 0.1) is 26.3 Å². The van der Waals surface area contributed by atoms with Crippen LogP contribution in [0.4, 0.5) is 15.3 Å². The molecule has 3 aliphatic heterocycles. The van der Waals surface area contributed by atoms with Crippen LogP contribution < -0.4 is 26.2 Å². The zero-order valence-corrected chi connectivity index (χ0v) is 41.5. The zero-order chi connectivity index (χ0) is 49.3. The van der Waals surface area contributed by atoms with Crippen LogP contribution in [-0.2, 0) is 42.4 Å². The van der Waals surface area contributed by atoms with E-state index in [-0.39, 0.29) is 53.1 Å². The molecule has 5 amide bonds. The number of nitrogens with one attached hydrogen (secondary N) is 4. The number of likely N-dealkylation sites (tertiary alicyclic amines) is 2. The van der Waals surface area contributed by atoms with Gasteiger partial charge in [0.2, 0.25) is 17.7 Å². The molecule has 3 aromatic carbocycles. The van der Waals surface area contributed by atoms with E-state index in [2.05, 4.69) is 120 Å². The molecule has 0 saturated carbocycles. The number of carbonyl (C=O) groups excluding carboxylic acids is 5. The second-order valence-electron chi connectivity index (χ2n) is 20.4. The van der Waals surface area contributed by atoms with Crippen molar-refractivity contribution in [2.45, 2.75) is 154 Å². The van der Waals surface area contributed by atoms with Gasteiger partial charge in [-0.2, -0.15) is 0 Å². The van der Waals surface area contributed by atoms with Crippen molar-refractivity contribution in [3.63, 3.8) is 0 Å². The van der Waals surface area contributed by atoms with Crippen LogP contribution in [0.15, 0.2) is 72.8 Å². The predicted octanol–water partition coefficient (Wildman–Crippen LogP) is 7.22. The van der Waals surface area contributed by atoms with Gasteiger partial charge in [0.1, 0.15) is 24.4 Å². The minimum absolute atomic E-state index is 0.0166. The Kier molecular flexibility index (Phi) is 17.6. The summed E-state index contributed by atoms with van der Waals surface area (Å²) in [4.78, 5) is 70.4. The minimum Gasteiger partial charge on any atom is -0.453 e. The molecule has 3 heterocycles. The van der Waals surface area contributed by atoms with Crippen LogP contribution in [0.5, 0.6) is 0 Å². The molecule has 3 aromatic rings. The molecule has 3 saturated heterocycles. The summed E-state index contributed by atoms with van der Waals surface area (Å²) >= 11 is 0. The van der Waals surface area contributed by atoms with Crippen LogP contribution in [0.2, 0.25) is 0 Å². The van der Waals surface area contributed by atoms with Gasteiger partial charge in [0.25, 0.3) is 0 Å². The Bertz CT molecular complexity index is 2180. The maximum Gasteiger partial charge on any atom is 0.407 e. The van der Waals surface area contributed by atoms with Gasteiger partial charge in [-0.05, 0) is 95.7 Å². The molecular formula is C53H75N7O8. The molecule has 15 nitrogen and oxygen atoms in total. The monoisotopic (exact) mass is 938 g/mol. The molecule has 3 aliphatic rings. The molecule has 6 rings (SSSR count). The largest absolute Gasteiger partial charge is 0.453 e. The first-order valence-corrected chi connectivity index (χ1v) is 24.5. The maximum absolute atomic E-state index is 13.5. The summed E-state index contributed by atoms with van der Waals surface area (Å²) in [6.07, 6.45) is 3.03. The van der Waals surface area contributed by atoms with E-state index in [0.29, 0.717) is 45.4 Å². The van der Waals surface area contributed by atoms with E-state index >= 15 is 0 Å². The third-order valence-corrected chi connectivity index (χ3v) is 13.9. The van der Waals surface area contributed by atoms with E-state index in [1.54, 1.807) is 9.80 Å². The number of aliphatic hydroxyl groups excluding tert-OH is 1. The highest BCUT2D eigenvalue weighted by atomic mass is 16.5. The second-order valence-corrected chi connectivity index (χ2v) is 20.4. The summed E-state index contributed by atoms with van der Waals surface area (Å²) in [5.74, 6) is -0.947. The first-order valence-electron chi connectivity index (χ1n) is 24.5. The molecule has 0 radical (unpaired) electrons. The number of carbonyl (C=O) groups is 5. The van der Waals surface area contributed by atoms with E-state index in [1.807, 2.05) is 27.7 Å². The van der Waals surface area contributed by atoms with Crippen LogP contribution in [-0.4, -0.2) is 103 Å². The highest BCUT2D eigenvalue weighted by Crippen LogP contribution is 2.47. The van der Waals surface area contributed by atoms with Crippen molar-refractivity contribution in [1.82, 2.24) is 31.1 Å². The molecule has 7 atom stereocenters. The number of amides is 5. The molecule has 68 heavy (non-hydrogen) atoms. The summed E-state index contributed by atoms with van der Waals surface area (Å²) < 4.78 is 9.50. The summed E-state index contributed by atoms with van der Waals surface area (Å²) in [6, 6.07) is 24.0. The van der Waals surface area contributed by atoms with Gasteiger partial charge >= 0.3 is 12.2 Å². The molecule has 7 unspecified atom stereocenters. The number of hydrogen-bond acceptors (Lipinski definition) is 10. The Balaban J connectivity index is 1.10. The van der Waals surface area contributed by atoms with E-state index < -0.39 is 36.5 Å². The lowest BCUT2D eigenvalue weighted by atomic mass is 9.87. The van der Waals surface area contributed by atoms with Gasteiger partial charge in [-0.1, -0.05) is 109 Å². The number of anilines is 1. The number of aliphatic hydroxyl groups is 1. The number of ether oxygens (including phenoxy) is 2. The smallest absolute Gasteiger partial charge is 0.407 e. The molecule has 370 valence electrons. The van der Waals surface area contributed by atoms with Gasteiger partial charge in [0, 0.05) is 44.3 Å². The van der Waals surface area contributed by atoms with Gasteiger partial charge in [0.15, 0.2) is 0 Å². The van der Waals surface area contributed by atoms with Crippen molar-refractivity contribution in [2.75, 3.05) is 32.2 Å². The lowest BCUT2D eigenvalue weighted by Gasteiger charge is -2.34. The van der Waals surface area contributed by atoms with Crippen molar-refractivity contribution in [3.05, 3.63) is 101 Å². The Hall–Kier alpha value is -5.67. The average Bonchev–Trinajstić information content (AvgIpc) is 4.11. The first-order chi connectivity index (χ1) is 32.4. The number of benzene rings is 3. The van der Waals surface area contributed by atoms with E-state index in [1.165, 1.54) is 30.9 Å². The van der Waals surface area contributed by atoms with E-state index in [4.69, 9.17) is 9.47 Å². The maximum atomic E-state index is 13.5. The summed E-state index contributed by atoms with van der Waals surface area (Å²) in [5.41, 5.74) is 6.81. The van der Waals surface area contributed by atoms with Crippen molar-refractivity contribution >= 4 is 35.6 Å². The van der Waals surface area contributed by atoms with Crippen LogP contribution in [0.3, 0.4) is 0 Å². The molecule has 0 bridgehead atoms. The SMILES string of the molecule is COC(=O)NC(C(=O)N1CCCC1CC(O)NCc1ccc(C2CCC(c3ccc(CNC(=O)C4CCCN4C(=O)C(NC(=O)OC)C(C)C)cc3)N2c2ccc(C(C)(C)C)cc2)cc1)C(C)C. The molecule has 0 aromatic heterocycles. The number of hydrogen-bond donors (Lipinski definition) is 5. The Labute approximate surface area is 403 Å². The standard InChI is InChI=1S/C53H75N7O8/c1-33(2)46(56-51(65)67-8)49(63)58-28-10-12-41(58)30-45(61)54-31-35-14-18-37(19-15-35)42-26-27-43(60(42)40-24-22-39(23-25-40)53(5,6)7)38-20-16-36(17-21-38)32-55-48(62)44-13-11-29-59(44)50(64)47(34(3)4)57-52(66)68-9/h14-25,33-34,41-47,54,61H,10-13,26-32H2,1-9H3,(H,55,62)(H,56,65)(H,57,66). The summed E-state index contributed by atoms with van der Waals surface area (Å²) in [5, 5.41) is 22.8. The fourth-order valence-electron chi connectivity index (χ4n) is 9.99. The Morgan fingerprint density at radius 2 is 1.15 bits per heavy atom. The Morgan fingerprint density at radius 1 is 0.662 bits per heavy atom. The van der Waals surface area contributed by atoms with Gasteiger partial charge in [-0.25, -0.2) is 9.59 Å². The van der Waals surface area contributed by atoms with E-state index in [0.717, 1.165) is 42.5 Å². The highest BCUT2D eigenvalue weighted by molar-refractivity contribution is 5.92. The van der Waals surface area contributed by atoms with Gasteiger partial charge in [-0.15, -0.1) is 0 Å². The van der Waals surface area contributed by atoms with Crippen molar-refractivity contribution in [2.24, 2.45) is 11.8 Å². The molecule has 5 N–H and O–H groups in total. The number of alkyl carbamates (subject to hydrolysis) is 2. The topological polar surface area (TPSA) is 182 Å². The third kappa shape index (κ3) is 12.7. The van der Waals surface area contributed by atoms with Crippen molar-refractivity contribution in [1.29, 1.82) is 0 Å². The molecule has 0 aliphatic carbocycles. The van der Waals surface area contributed by atoms with Crippen LogP contribution in [0.1, 0.15) is 133 Å². The molecule has 15 heteroatoms. The number of methoxy groups -OCH3 is 2. The second kappa shape index (κ2) is 23.1. The van der Waals surface area contributed by atoms with Crippen molar-refractivity contribution < 1.29 is 38.6 Å². The highest BCUT2D eigenvalue weighted by Gasteiger charge is 2.40. The lowest BCUT2D eigenvalue weighted by molar-refractivity contribution is -0.140. The fourth-order valence-corrected chi connectivity index (χ4v) is 9.99. The van der Waals surface area contributed by atoms with Gasteiger partial charge < -0.3 is 45.2 Å². The molecule has 0 spiro atoms. The quantitative estimate of drug-likeness (QED) is 0.0867. The summed E-state index contributed by atoms with van der Waals surface area (Å²) in [7, 11) is 2.54. The van der Waals surface area contributed by atoms with Crippen molar-refractivity contribution in [3.8, 4) is 0 Å². The summed E-state index contributed by atoms with van der Waals surface area (Å²) in [6.45, 7) is 16.0. The van der Waals surface area contributed by atoms with Crippen LogP contribution >= 0.6 is 0 Å².